The third-order valence-electron chi connectivity index (χ3n) is 5.62. The molecule has 0 radical (unpaired) electrons. The zero-order valence-electron chi connectivity index (χ0n) is 18.4. The third-order valence-corrected chi connectivity index (χ3v) is 5.62. The lowest BCUT2D eigenvalue weighted by molar-refractivity contribution is -0.146. The Hall–Kier alpha value is -1.68. The van der Waals surface area contributed by atoms with Gasteiger partial charge in [0.05, 0.1) is 12.0 Å². The van der Waals surface area contributed by atoms with E-state index >= 15 is 0 Å². The van der Waals surface area contributed by atoms with Crippen LogP contribution in [0.5, 0.6) is 0 Å². The minimum Gasteiger partial charge on any atom is -0.481 e. The summed E-state index contributed by atoms with van der Waals surface area (Å²) in [5.41, 5.74) is 1.10. The Morgan fingerprint density at radius 3 is 2.07 bits per heavy atom. The molecule has 1 aromatic carbocycles. The Kier molecular flexibility index (Phi) is 13.3. The minimum absolute atomic E-state index is 0.0679. The highest BCUT2D eigenvalue weighted by molar-refractivity contribution is 5.96. The van der Waals surface area contributed by atoms with E-state index in [0.717, 1.165) is 38.5 Å². The fourth-order valence-corrected chi connectivity index (χ4v) is 3.72. The number of hydrogen-bond donors (Lipinski definition) is 2. The van der Waals surface area contributed by atoms with Crippen LogP contribution < -0.4 is 0 Å². The van der Waals surface area contributed by atoms with Gasteiger partial charge in [-0.25, -0.2) is 0 Å². The highest BCUT2D eigenvalue weighted by Gasteiger charge is 2.27. The molecule has 164 valence electrons. The summed E-state index contributed by atoms with van der Waals surface area (Å²) in [5, 5.41) is 20.3. The molecule has 2 atom stereocenters. The van der Waals surface area contributed by atoms with Crippen molar-refractivity contribution in [3.8, 4) is 0 Å². The van der Waals surface area contributed by atoms with E-state index in [1.807, 2.05) is 0 Å². The number of carbonyl (C=O) groups excluding carboxylic acids is 1. The predicted molar refractivity (Wildman–Crippen MR) is 118 cm³/mol. The van der Waals surface area contributed by atoms with E-state index < -0.39 is 18.0 Å². The molecule has 0 saturated heterocycles. The number of Topliss-reactive ketones (excluding diaryl/α,β-unsaturated/α-hetero) is 1. The number of unbranched alkanes of at least 4 members (excludes halogenated alkanes) is 9. The van der Waals surface area contributed by atoms with Gasteiger partial charge in [0.2, 0.25) is 0 Å². The smallest absolute Gasteiger partial charge is 0.309 e. The SMILES string of the molecule is CCCCCCCCC(C(=O)O)C(O)c1cccc(C(=O)CCCCCCC)c1. The molecule has 0 aliphatic rings. The first-order valence-corrected chi connectivity index (χ1v) is 11.5. The summed E-state index contributed by atoms with van der Waals surface area (Å²) >= 11 is 0. The molecule has 0 aliphatic heterocycles. The van der Waals surface area contributed by atoms with Crippen molar-refractivity contribution in [2.24, 2.45) is 5.92 Å². The van der Waals surface area contributed by atoms with Gasteiger partial charge in [-0.3, -0.25) is 9.59 Å². The van der Waals surface area contributed by atoms with Gasteiger partial charge in [-0.2, -0.15) is 0 Å². The number of aliphatic hydroxyl groups is 1. The lowest BCUT2D eigenvalue weighted by atomic mass is 9.89. The van der Waals surface area contributed by atoms with Gasteiger partial charge in [0.25, 0.3) is 0 Å². The van der Waals surface area contributed by atoms with Gasteiger partial charge in [0.1, 0.15) is 0 Å². The molecule has 0 bridgehead atoms. The average molecular weight is 405 g/mol. The number of hydrogen-bond acceptors (Lipinski definition) is 3. The number of carboxylic acid groups (broad SMARTS) is 1. The lowest BCUT2D eigenvalue weighted by Gasteiger charge is -2.20. The van der Waals surface area contributed by atoms with E-state index in [4.69, 9.17) is 0 Å². The maximum Gasteiger partial charge on any atom is 0.309 e. The fourth-order valence-electron chi connectivity index (χ4n) is 3.72. The van der Waals surface area contributed by atoms with Crippen molar-refractivity contribution in [2.45, 2.75) is 103 Å². The van der Waals surface area contributed by atoms with E-state index in [1.54, 1.807) is 24.3 Å². The molecule has 0 aromatic heterocycles. The van der Waals surface area contributed by atoms with Crippen LogP contribution in [0.15, 0.2) is 24.3 Å². The Morgan fingerprint density at radius 1 is 0.862 bits per heavy atom. The van der Waals surface area contributed by atoms with Gasteiger partial charge in [-0.15, -0.1) is 0 Å². The summed E-state index contributed by atoms with van der Waals surface area (Å²) in [4.78, 5) is 24.2. The number of rotatable bonds is 17. The van der Waals surface area contributed by atoms with Crippen LogP contribution in [0.2, 0.25) is 0 Å². The second-order valence-corrected chi connectivity index (χ2v) is 8.16. The summed E-state index contributed by atoms with van der Waals surface area (Å²) in [6.45, 7) is 4.33. The second-order valence-electron chi connectivity index (χ2n) is 8.16. The monoisotopic (exact) mass is 404 g/mol. The minimum atomic E-state index is -1.08. The maximum atomic E-state index is 12.5. The molecule has 0 aliphatic carbocycles. The van der Waals surface area contributed by atoms with Crippen LogP contribution in [-0.4, -0.2) is 22.0 Å². The van der Waals surface area contributed by atoms with Crippen molar-refractivity contribution in [3.63, 3.8) is 0 Å². The molecule has 29 heavy (non-hydrogen) atoms. The zero-order valence-corrected chi connectivity index (χ0v) is 18.4. The van der Waals surface area contributed by atoms with E-state index in [2.05, 4.69) is 13.8 Å². The van der Waals surface area contributed by atoms with Crippen LogP contribution in [0.25, 0.3) is 0 Å². The summed E-state index contributed by atoms with van der Waals surface area (Å²) in [5.74, 6) is -1.74. The van der Waals surface area contributed by atoms with E-state index in [-0.39, 0.29) is 5.78 Å². The molecule has 2 unspecified atom stereocenters. The van der Waals surface area contributed by atoms with Crippen LogP contribution in [0.1, 0.15) is 119 Å². The topological polar surface area (TPSA) is 74.6 Å². The molecule has 0 heterocycles. The van der Waals surface area contributed by atoms with E-state index in [9.17, 15) is 19.8 Å². The average Bonchev–Trinajstić information content (AvgIpc) is 2.72. The summed E-state index contributed by atoms with van der Waals surface area (Å²) in [6.07, 6.45) is 11.8. The molecule has 0 saturated carbocycles. The van der Waals surface area contributed by atoms with Crippen LogP contribution in [-0.2, 0) is 4.79 Å². The highest BCUT2D eigenvalue weighted by Crippen LogP contribution is 2.28. The van der Waals surface area contributed by atoms with Crippen LogP contribution in [0.4, 0.5) is 0 Å². The number of carbonyl (C=O) groups is 2. The zero-order chi connectivity index (χ0) is 21.5. The Bertz CT molecular complexity index is 596. The molecular weight excluding hydrogens is 364 g/mol. The molecule has 4 heteroatoms. The van der Waals surface area contributed by atoms with Crippen molar-refractivity contribution >= 4 is 11.8 Å². The van der Waals surface area contributed by atoms with Crippen molar-refractivity contribution < 1.29 is 19.8 Å². The van der Waals surface area contributed by atoms with Crippen LogP contribution in [0, 0.1) is 5.92 Å². The first kappa shape index (κ1) is 25.4. The van der Waals surface area contributed by atoms with Gasteiger partial charge >= 0.3 is 5.97 Å². The van der Waals surface area contributed by atoms with Crippen LogP contribution in [0.3, 0.4) is 0 Å². The summed E-state index contributed by atoms with van der Waals surface area (Å²) < 4.78 is 0. The molecule has 2 N–H and O–H groups in total. The molecule has 0 amide bonds. The van der Waals surface area contributed by atoms with Crippen molar-refractivity contribution in [1.29, 1.82) is 0 Å². The standard InChI is InChI=1S/C25H40O4/c1-3-5-7-9-11-12-17-22(25(28)29)24(27)21-16-14-15-20(19-21)23(26)18-13-10-8-6-4-2/h14-16,19,22,24,27H,3-13,17-18H2,1-2H3,(H,28,29). The second kappa shape index (κ2) is 15.2. The molecular formula is C25H40O4. The fraction of sp³-hybridized carbons (Fsp3) is 0.680. The summed E-state index contributed by atoms with van der Waals surface area (Å²) in [6, 6.07) is 6.90. The Labute approximate surface area is 176 Å². The highest BCUT2D eigenvalue weighted by atomic mass is 16.4. The maximum absolute atomic E-state index is 12.5. The number of carboxylic acids is 1. The number of ketones is 1. The molecule has 0 spiro atoms. The van der Waals surface area contributed by atoms with Crippen LogP contribution >= 0.6 is 0 Å². The molecule has 0 fully saturated rings. The van der Waals surface area contributed by atoms with Gasteiger partial charge in [-0.05, 0) is 24.5 Å². The first-order chi connectivity index (χ1) is 14.0. The quantitative estimate of drug-likeness (QED) is 0.223. The Balaban J connectivity index is 2.61. The molecule has 1 rings (SSSR count). The molecule has 1 aromatic rings. The van der Waals surface area contributed by atoms with Crippen molar-refractivity contribution in [2.75, 3.05) is 0 Å². The van der Waals surface area contributed by atoms with Gasteiger partial charge < -0.3 is 10.2 Å². The third kappa shape index (κ3) is 10.1. The predicted octanol–water partition coefficient (Wildman–Crippen LogP) is 6.71. The normalized spacial score (nSPS) is 13.2. The number of aliphatic hydroxyl groups excluding tert-OH is 1. The molecule has 4 nitrogen and oxygen atoms in total. The first-order valence-electron chi connectivity index (χ1n) is 11.5. The van der Waals surface area contributed by atoms with Gasteiger partial charge in [-0.1, -0.05) is 96.3 Å². The van der Waals surface area contributed by atoms with E-state index in [0.29, 0.717) is 24.0 Å². The van der Waals surface area contributed by atoms with Crippen molar-refractivity contribution in [3.05, 3.63) is 35.4 Å². The lowest BCUT2D eigenvalue weighted by Crippen LogP contribution is -2.22. The van der Waals surface area contributed by atoms with Gasteiger partial charge in [0.15, 0.2) is 5.78 Å². The number of benzene rings is 1. The van der Waals surface area contributed by atoms with E-state index in [1.165, 1.54) is 32.1 Å². The Morgan fingerprint density at radius 2 is 1.45 bits per heavy atom. The summed E-state index contributed by atoms with van der Waals surface area (Å²) in [7, 11) is 0. The van der Waals surface area contributed by atoms with Gasteiger partial charge in [0, 0.05) is 12.0 Å². The van der Waals surface area contributed by atoms with Crippen molar-refractivity contribution in [1.82, 2.24) is 0 Å². The number of aliphatic carboxylic acids is 1. The largest absolute Gasteiger partial charge is 0.481 e.